The molecule has 0 aliphatic carbocycles. The molecule has 0 unspecified atom stereocenters. The number of carbonyl (C=O) groups excluding carboxylic acids is 1. The van der Waals surface area contributed by atoms with Gasteiger partial charge < -0.3 is 10.1 Å². The van der Waals surface area contributed by atoms with Crippen LogP contribution in [0.3, 0.4) is 0 Å². The van der Waals surface area contributed by atoms with Crippen LogP contribution >= 0.6 is 27.3 Å². The Hall–Kier alpha value is -2.18. The lowest BCUT2D eigenvalue weighted by atomic mass is 10.1. The van der Waals surface area contributed by atoms with Crippen molar-refractivity contribution in [2.24, 2.45) is 0 Å². The lowest BCUT2D eigenvalue weighted by Crippen LogP contribution is -2.23. The van der Waals surface area contributed by atoms with Gasteiger partial charge in [-0.25, -0.2) is 0 Å². The largest absolute Gasteiger partial charge is 0.497 e. The van der Waals surface area contributed by atoms with E-state index in [2.05, 4.69) is 31.6 Å². The van der Waals surface area contributed by atoms with Crippen molar-refractivity contribution < 1.29 is 9.53 Å². The number of nitrogens with one attached hydrogen (secondary N) is 1. The summed E-state index contributed by atoms with van der Waals surface area (Å²) in [7, 11) is 1.58. The molecular weight excluding hydrogens is 388 g/mol. The third-order valence-electron chi connectivity index (χ3n) is 3.51. The fourth-order valence-electron chi connectivity index (χ4n) is 2.24. The Labute approximate surface area is 152 Å². The van der Waals surface area contributed by atoms with Gasteiger partial charge in [0.2, 0.25) is 0 Å². The molecule has 1 aromatic carbocycles. The summed E-state index contributed by atoms with van der Waals surface area (Å²) in [5.41, 5.74) is 3.54. The minimum absolute atomic E-state index is 0.158. The van der Waals surface area contributed by atoms with Gasteiger partial charge in [-0.15, -0.1) is 0 Å². The number of rotatable bonds is 5. The van der Waals surface area contributed by atoms with E-state index in [0.29, 0.717) is 17.9 Å². The van der Waals surface area contributed by atoms with Crippen LogP contribution in [0.5, 0.6) is 5.75 Å². The quantitative estimate of drug-likeness (QED) is 0.682. The van der Waals surface area contributed by atoms with Gasteiger partial charge in [0.15, 0.2) is 0 Å². The fraction of sp³-hybridized carbons (Fsp3) is 0.111. The molecule has 6 heteroatoms. The third-order valence-corrected chi connectivity index (χ3v) is 4.89. The van der Waals surface area contributed by atoms with Gasteiger partial charge >= 0.3 is 0 Å². The first-order chi connectivity index (χ1) is 11.7. The Bertz CT molecular complexity index is 850. The topological polar surface area (TPSA) is 51.2 Å². The summed E-state index contributed by atoms with van der Waals surface area (Å²) in [6, 6.07) is 11.2. The van der Waals surface area contributed by atoms with Crippen LogP contribution in [0.2, 0.25) is 0 Å². The molecule has 0 saturated carbocycles. The molecule has 122 valence electrons. The molecule has 0 aliphatic heterocycles. The number of halogens is 1. The normalized spacial score (nSPS) is 10.4. The Morgan fingerprint density at radius 1 is 1.29 bits per heavy atom. The first-order valence-corrected chi connectivity index (χ1v) is 9.00. The van der Waals surface area contributed by atoms with Gasteiger partial charge in [0, 0.05) is 28.2 Å². The van der Waals surface area contributed by atoms with E-state index in [4.69, 9.17) is 4.74 Å². The number of nitrogens with zero attached hydrogens (tertiary/aromatic N) is 1. The van der Waals surface area contributed by atoms with Crippen molar-refractivity contribution in [1.29, 1.82) is 0 Å². The van der Waals surface area contributed by atoms with Crippen LogP contribution in [0.4, 0.5) is 0 Å². The van der Waals surface area contributed by atoms with Crippen molar-refractivity contribution in [2.75, 3.05) is 7.11 Å². The molecule has 1 N–H and O–H groups in total. The molecule has 3 aromatic rings. The summed E-state index contributed by atoms with van der Waals surface area (Å²) in [6.07, 6.45) is 1.76. The monoisotopic (exact) mass is 402 g/mol. The van der Waals surface area contributed by atoms with Crippen molar-refractivity contribution in [1.82, 2.24) is 10.3 Å². The molecular formula is C18H15BrN2O2S. The molecule has 2 aromatic heterocycles. The zero-order valence-electron chi connectivity index (χ0n) is 13.0. The van der Waals surface area contributed by atoms with Crippen molar-refractivity contribution in [3.05, 3.63) is 69.0 Å². The van der Waals surface area contributed by atoms with Crippen LogP contribution < -0.4 is 10.1 Å². The summed E-state index contributed by atoms with van der Waals surface area (Å²) in [4.78, 5) is 16.8. The lowest BCUT2D eigenvalue weighted by molar-refractivity contribution is 0.0950. The van der Waals surface area contributed by atoms with E-state index in [9.17, 15) is 4.79 Å². The molecule has 0 bridgehead atoms. The summed E-state index contributed by atoms with van der Waals surface area (Å²) >= 11 is 5.03. The van der Waals surface area contributed by atoms with Crippen LogP contribution in [0.25, 0.3) is 11.3 Å². The minimum atomic E-state index is -0.158. The first-order valence-electron chi connectivity index (χ1n) is 7.26. The average Bonchev–Trinajstić information content (AvgIpc) is 3.15. The summed E-state index contributed by atoms with van der Waals surface area (Å²) in [5, 5.41) is 7.00. The second kappa shape index (κ2) is 7.59. The zero-order chi connectivity index (χ0) is 16.9. The predicted octanol–water partition coefficient (Wildman–Crippen LogP) is 4.51. The average molecular weight is 403 g/mol. The van der Waals surface area contributed by atoms with Gasteiger partial charge in [-0.3, -0.25) is 9.78 Å². The van der Waals surface area contributed by atoms with Crippen LogP contribution in [-0.2, 0) is 6.54 Å². The molecule has 3 rings (SSSR count). The van der Waals surface area contributed by atoms with E-state index >= 15 is 0 Å². The van der Waals surface area contributed by atoms with Gasteiger partial charge in [0.25, 0.3) is 5.91 Å². The van der Waals surface area contributed by atoms with Gasteiger partial charge in [-0.2, -0.15) is 11.3 Å². The Morgan fingerprint density at radius 2 is 2.17 bits per heavy atom. The third kappa shape index (κ3) is 3.83. The molecule has 2 heterocycles. The molecule has 1 amide bonds. The highest BCUT2D eigenvalue weighted by molar-refractivity contribution is 9.10. The number of ether oxygens (including phenoxy) is 1. The summed E-state index contributed by atoms with van der Waals surface area (Å²) in [6.45, 7) is 0.433. The molecule has 0 fully saturated rings. The highest BCUT2D eigenvalue weighted by atomic mass is 79.9. The molecule has 0 atom stereocenters. The maximum absolute atomic E-state index is 12.4. The summed E-state index contributed by atoms with van der Waals surface area (Å²) in [5.74, 6) is 0.488. The van der Waals surface area contributed by atoms with E-state index in [1.54, 1.807) is 42.8 Å². The number of aromatic nitrogens is 1. The maximum atomic E-state index is 12.4. The van der Waals surface area contributed by atoms with Crippen molar-refractivity contribution in [3.63, 3.8) is 0 Å². The maximum Gasteiger partial charge on any atom is 0.252 e. The van der Waals surface area contributed by atoms with Crippen LogP contribution in [0.15, 0.2) is 57.8 Å². The highest BCUT2D eigenvalue weighted by Gasteiger charge is 2.11. The van der Waals surface area contributed by atoms with Crippen molar-refractivity contribution in [2.45, 2.75) is 6.54 Å². The van der Waals surface area contributed by atoms with E-state index in [0.717, 1.165) is 21.3 Å². The number of hydrogen-bond acceptors (Lipinski definition) is 4. The minimum Gasteiger partial charge on any atom is -0.497 e. The SMILES string of the molecule is COc1ccc(Br)c(C(=O)NCc2ccnc(-c3ccsc3)c2)c1. The van der Waals surface area contributed by atoms with Gasteiger partial charge in [-0.05, 0) is 63.3 Å². The number of pyridine rings is 1. The number of hydrogen-bond donors (Lipinski definition) is 1. The molecule has 0 aliphatic rings. The number of carbonyl (C=O) groups is 1. The smallest absolute Gasteiger partial charge is 0.252 e. The Balaban J connectivity index is 1.72. The van der Waals surface area contributed by atoms with Crippen molar-refractivity contribution >= 4 is 33.2 Å². The van der Waals surface area contributed by atoms with Crippen LogP contribution in [0.1, 0.15) is 15.9 Å². The number of methoxy groups -OCH3 is 1. The van der Waals surface area contributed by atoms with Gasteiger partial charge in [0.05, 0.1) is 18.4 Å². The zero-order valence-corrected chi connectivity index (χ0v) is 15.4. The number of amides is 1. The first kappa shape index (κ1) is 16.7. The second-order valence-corrected chi connectivity index (χ2v) is 6.72. The van der Waals surface area contributed by atoms with E-state index < -0.39 is 0 Å². The Kier molecular flexibility index (Phi) is 5.27. The van der Waals surface area contributed by atoms with Crippen molar-refractivity contribution in [3.8, 4) is 17.0 Å². The highest BCUT2D eigenvalue weighted by Crippen LogP contribution is 2.23. The molecule has 4 nitrogen and oxygen atoms in total. The van der Waals surface area contributed by atoms with Gasteiger partial charge in [0.1, 0.15) is 5.75 Å². The lowest BCUT2D eigenvalue weighted by Gasteiger charge is -2.09. The van der Waals surface area contributed by atoms with Crippen LogP contribution in [-0.4, -0.2) is 18.0 Å². The molecule has 0 saturated heterocycles. The fourth-order valence-corrected chi connectivity index (χ4v) is 3.31. The van der Waals surface area contributed by atoms with Crippen LogP contribution in [0, 0.1) is 0 Å². The standard InChI is InChI=1S/C18H15BrN2O2S/c1-23-14-2-3-16(19)15(9-14)18(22)21-10-12-4-6-20-17(8-12)13-5-7-24-11-13/h2-9,11H,10H2,1H3,(H,21,22). The molecule has 0 spiro atoms. The van der Waals surface area contributed by atoms with E-state index in [-0.39, 0.29) is 5.91 Å². The van der Waals surface area contributed by atoms with Gasteiger partial charge in [-0.1, -0.05) is 0 Å². The molecule has 24 heavy (non-hydrogen) atoms. The van der Waals surface area contributed by atoms with E-state index in [1.807, 2.05) is 23.6 Å². The predicted molar refractivity (Wildman–Crippen MR) is 99.4 cm³/mol. The van der Waals surface area contributed by atoms with E-state index in [1.165, 1.54) is 0 Å². The number of benzene rings is 1. The second-order valence-electron chi connectivity index (χ2n) is 5.09. The summed E-state index contributed by atoms with van der Waals surface area (Å²) < 4.78 is 5.90. The molecule has 0 radical (unpaired) electrons. The Morgan fingerprint density at radius 3 is 2.92 bits per heavy atom. The number of thiophene rings is 1.